The molecule has 0 aliphatic rings. The lowest BCUT2D eigenvalue weighted by Crippen LogP contribution is -2.50. The van der Waals surface area contributed by atoms with E-state index < -0.39 is 46.1 Å². The smallest absolute Gasteiger partial charge is 0.244 e. The Morgan fingerprint density at radius 2 is 1.72 bits per heavy atom. The molecule has 2 aromatic rings. The van der Waals surface area contributed by atoms with E-state index in [0.717, 1.165) is 23.3 Å². The van der Waals surface area contributed by atoms with Crippen molar-refractivity contribution in [3.8, 4) is 0 Å². The van der Waals surface area contributed by atoms with Crippen LogP contribution < -0.4 is 9.62 Å². The average Bonchev–Trinajstić information content (AvgIpc) is 2.72. The molecule has 0 saturated heterocycles. The first-order valence-corrected chi connectivity index (χ1v) is 11.8. The number of hydrogen-bond acceptors (Lipinski definition) is 4. The van der Waals surface area contributed by atoms with Gasteiger partial charge >= 0.3 is 0 Å². The maximum absolute atomic E-state index is 13.7. The molecule has 0 unspecified atom stereocenters. The zero-order chi connectivity index (χ0) is 24.2. The molecule has 0 aliphatic heterocycles. The summed E-state index contributed by atoms with van der Waals surface area (Å²) in [4.78, 5) is 26.5. The van der Waals surface area contributed by atoms with Gasteiger partial charge in [0, 0.05) is 19.7 Å². The third-order valence-corrected chi connectivity index (χ3v) is 6.50. The summed E-state index contributed by atoms with van der Waals surface area (Å²) in [5.41, 5.74) is 0.309. The SMILES string of the molecule is CNC(=O)[C@H](C)N(Cc1ccc(Cl)c(Cl)c1)C(=O)CN(c1ccc(F)c(F)c1)S(C)(=O)=O. The fourth-order valence-electron chi connectivity index (χ4n) is 2.88. The van der Waals surface area contributed by atoms with Crippen molar-refractivity contribution in [2.45, 2.75) is 19.5 Å². The number of carbonyl (C=O) groups excluding carboxylic acids is 2. The molecule has 0 saturated carbocycles. The molecule has 1 N–H and O–H groups in total. The van der Waals surface area contributed by atoms with Crippen LogP contribution in [0.15, 0.2) is 36.4 Å². The van der Waals surface area contributed by atoms with Crippen LogP contribution in [0, 0.1) is 11.6 Å². The predicted molar refractivity (Wildman–Crippen MR) is 119 cm³/mol. The summed E-state index contributed by atoms with van der Waals surface area (Å²) in [5, 5.41) is 2.97. The lowest BCUT2D eigenvalue weighted by molar-refractivity contribution is -0.139. The van der Waals surface area contributed by atoms with Gasteiger partial charge in [0.25, 0.3) is 0 Å². The number of benzene rings is 2. The van der Waals surface area contributed by atoms with Crippen LogP contribution in [-0.2, 0) is 26.2 Å². The van der Waals surface area contributed by atoms with Gasteiger partial charge in [0.2, 0.25) is 21.8 Å². The van der Waals surface area contributed by atoms with E-state index in [4.69, 9.17) is 23.2 Å². The Labute approximate surface area is 194 Å². The third-order valence-electron chi connectivity index (χ3n) is 4.62. The normalized spacial score (nSPS) is 12.2. The van der Waals surface area contributed by atoms with Gasteiger partial charge in [0.05, 0.1) is 22.0 Å². The Balaban J connectivity index is 2.42. The van der Waals surface area contributed by atoms with Gasteiger partial charge in [-0.1, -0.05) is 29.3 Å². The largest absolute Gasteiger partial charge is 0.357 e. The van der Waals surface area contributed by atoms with E-state index in [1.807, 2.05) is 0 Å². The van der Waals surface area contributed by atoms with E-state index in [9.17, 15) is 26.8 Å². The number of amides is 2. The molecule has 12 heteroatoms. The number of sulfonamides is 1. The first-order valence-electron chi connectivity index (χ1n) is 9.23. The second-order valence-corrected chi connectivity index (χ2v) is 9.65. The number of hydrogen-bond donors (Lipinski definition) is 1. The zero-order valence-electron chi connectivity index (χ0n) is 17.4. The summed E-state index contributed by atoms with van der Waals surface area (Å²) >= 11 is 11.9. The number of halogens is 4. The number of rotatable bonds is 8. The molecule has 0 bridgehead atoms. The summed E-state index contributed by atoms with van der Waals surface area (Å²) in [5.74, 6) is -3.67. The first-order chi connectivity index (χ1) is 14.8. The van der Waals surface area contributed by atoms with Crippen LogP contribution in [0.25, 0.3) is 0 Å². The molecule has 174 valence electrons. The molecule has 2 amide bonds. The summed E-state index contributed by atoms with van der Waals surface area (Å²) in [7, 11) is -2.66. The molecule has 0 aliphatic carbocycles. The highest BCUT2D eigenvalue weighted by Crippen LogP contribution is 2.25. The highest BCUT2D eigenvalue weighted by atomic mass is 35.5. The molecule has 7 nitrogen and oxygen atoms in total. The molecule has 0 spiro atoms. The lowest BCUT2D eigenvalue weighted by atomic mass is 10.1. The Hall–Kier alpha value is -2.43. The molecular formula is C20H21Cl2F2N3O4S. The van der Waals surface area contributed by atoms with Crippen molar-refractivity contribution in [2.75, 3.05) is 24.2 Å². The molecule has 32 heavy (non-hydrogen) atoms. The Bertz CT molecular complexity index is 1130. The molecule has 0 heterocycles. The van der Waals surface area contributed by atoms with E-state index in [1.54, 1.807) is 6.07 Å². The Morgan fingerprint density at radius 3 is 2.25 bits per heavy atom. The minimum atomic E-state index is -4.06. The number of anilines is 1. The van der Waals surface area contributed by atoms with Crippen LogP contribution in [-0.4, -0.2) is 51.0 Å². The van der Waals surface area contributed by atoms with Crippen molar-refractivity contribution in [1.29, 1.82) is 0 Å². The molecule has 0 fully saturated rings. The van der Waals surface area contributed by atoms with Crippen LogP contribution in [0.1, 0.15) is 12.5 Å². The maximum atomic E-state index is 13.7. The van der Waals surface area contributed by atoms with Gasteiger partial charge in [-0.3, -0.25) is 13.9 Å². The van der Waals surface area contributed by atoms with Crippen LogP contribution in [0.3, 0.4) is 0 Å². The van der Waals surface area contributed by atoms with Crippen molar-refractivity contribution >= 4 is 50.7 Å². The fourth-order valence-corrected chi connectivity index (χ4v) is 4.04. The molecule has 0 aromatic heterocycles. The minimum Gasteiger partial charge on any atom is -0.357 e. The van der Waals surface area contributed by atoms with Crippen molar-refractivity contribution in [3.05, 3.63) is 63.6 Å². The number of nitrogens with one attached hydrogen (secondary N) is 1. The number of likely N-dealkylation sites (N-methyl/N-ethyl adjacent to an activating group) is 1. The second kappa shape index (κ2) is 10.5. The highest BCUT2D eigenvalue weighted by molar-refractivity contribution is 7.92. The molecule has 2 rings (SSSR count). The maximum Gasteiger partial charge on any atom is 0.244 e. The van der Waals surface area contributed by atoms with Gasteiger partial charge < -0.3 is 10.2 Å². The van der Waals surface area contributed by atoms with Crippen LogP contribution in [0.2, 0.25) is 10.0 Å². The van der Waals surface area contributed by atoms with Gasteiger partial charge in [-0.05, 0) is 36.8 Å². The van der Waals surface area contributed by atoms with Crippen molar-refractivity contribution in [2.24, 2.45) is 0 Å². The van der Waals surface area contributed by atoms with E-state index >= 15 is 0 Å². The summed E-state index contributed by atoms with van der Waals surface area (Å²) in [6.07, 6.45) is 0.826. The second-order valence-electron chi connectivity index (χ2n) is 6.93. The van der Waals surface area contributed by atoms with Crippen molar-refractivity contribution < 1.29 is 26.8 Å². The fraction of sp³-hybridized carbons (Fsp3) is 0.300. The lowest BCUT2D eigenvalue weighted by Gasteiger charge is -2.31. The van der Waals surface area contributed by atoms with E-state index in [0.29, 0.717) is 21.0 Å². The average molecular weight is 508 g/mol. The molecule has 1 atom stereocenters. The third kappa shape index (κ3) is 6.30. The van der Waals surface area contributed by atoms with Gasteiger partial charge in [0.1, 0.15) is 12.6 Å². The van der Waals surface area contributed by atoms with E-state index in [-0.39, 0.29) is 17.3 Å². The topological polar surface area (TPSA) is 86.8 Å². The first kappa shape index (κ1) is 25.8. The minimum absolute atomic E-state index is 0.0836. The highest BCUT2D eigenvalue weighted by Gasteiger charge is 2.30. The summed E-state index contributed by atoms with van der Waals surface area (Å²) in [6, 6.07) is 6.14. The molecular weight excluding hydrogens is 487 g/mol. The number of nitrogens with zero attached hydrogens (tertiary/aromatic N) is 2. The summed E-state index contributed by atoms with van der Waals surface area (Å²) < 4.78 is 52.3. The van der Waals surface area contributed by atoms with Gasteiger partial charge in [-0.2, -0.15) is 0 Å². The van der Waals surface area contributed by atoms with Crippen LogP contribution in [0.5, 0.6) is 0 Å². The Kier molecular flexibility index (Phi) is 8.44. The molecule has 0 radical (unpaired) electrons. The van der Waals surface area contributed by atoms with Crippen LogP contribution in [0.4, 0.5) is 14.5 Å². The van der Waals surface area contributed by atoms with Crippen molar-refractivity contribution in [1.82, 2.24) is 10.2 Å². The van der Waals surface area contributed by atoms with Crippen molar-refractivity contribution in [3.63, 3.8) is 0 Å². The zero-order valence-corrected chi connectivity index (χ0v) is 19.7. The number of carbonyl (C=O) groups is 2. The van der Waals surface area contributed by atoms with E-state index in [1.165, 1.54) is 26.1 Å². The Morgan fingerprint density at radius 1 is 1.06 bits per heavy atom. The quantitative estimate of drug-likeness (QED) is 0.594. The van der Waals surface area contributed by atoms with Gasteiger partial charge in [0.15, 0.2) is 11.6 Å². The van der Waals surface area contributed by atoms with Crippen LogP contribution >= 0.6 is 23.2 Å². The molecule has 2 aromatic carbocycles. The van der Waals surface area contributed by atoms with Gasteiger partial charge in [-0.15, -0.1) is 0 Å². The monoisotopic (exact) mass is 507 g/mol. The predicted octanol–water partition coefficient (Wildman–Crippen LogP) is 3.20. The van der Waals surface area contributed by atoms with E-state index in [2.05, 4.69) is 5.32 Å². The summed E-state index contributed by atoms with van der Waals surface area (Å²) in [6.45, 7) is 0.642. The van der Waals surface area contributed by atoms with Gasteiger partial charge in [-0.25, -0.2) is 17.2 Å². The standard InChI is InChI=1S/C20H21Cl2F2N3O4S/c1-12(20(29)25-2)26(10-13-4-6-15(21)16(22)8-13)19(28)11-27(32(3,30)31)14-5-7-17(23)18(24)9-14/h4-9,12H,10-11H2,1-3H3,(H,25,29)/t12-/m0/s1.